The summed E-state index contributed by atoms with van der Waals surface area (Å²) in [6.07, 6.45) is 7.84. The van der Waals surface area contributed by atoms with Gasteiger partial charge >= 0.3 is 6.03 Å². The van der Waals surface area contributed by atoms with Gasteiger partial charge in [-0.15, -0.1) is 0 Å². The first-order chi connectivity index (χ1) is 8.68. The zero-order valence-electron chi connectivity index (χ0n) is 10.9. The molecule has 3 N–H and O–H groups in total. The van der Waals surface area contributed by atoms with Crippen LogP contribution in [0.3, 0.4) is 0 Å². The lowest BCUT2D eigenvalue weighted by Gasteiger charge is -2.26. The number of amides is 2. The summed E-state index contributed by atoms with van der Waals surface area (Å²) >= 11 is 5.08. The number of nitrogens with zero attached hydrogens (tertiary/aromatic N) is 1. The molecule has 1 saturated carbocycles. The lowest BCUT2D eigenvalue weighted by Crippen LogP contribution is -2.48. The van der Waals surface area contributed by atoms with Crippen LogP contribution < -0.4 is 11.1 Å². The van der Waals surface area contributed by atoms with Gasteiger partial charge < -0.3 is 16.0 Å². The first-order valence-electron chi connectivity index (χ1n) is 7.03. The molecule has 0 spiro atoms. The fourth-order valence-corrected chi connectivity index (χ4v) is 3.28. The van der Waals surface area contributed by atoms with E-state index in [1.54, 1.807) is 0 Å². The van der Waals surface area contributed by atoms with Crippen molar-refractivity contribution in [3.05, 3.63) is 0 Å². The summed E-state index contributed by atoms with van der Waals surface area (Å²) in [5, 5.41) is 3.13. The lowest BCUT2D eigenvalue weighted by molar-refractivity contribution is 0.194. The van der Waals surface area contributed by atoms with Crippen molar-refractivity contribution in [1.82, 2.24) is 10.2 Å². The molecular formula is C13H23N3OS. The Morgan fingerprint density at radius 3 is 2.39 bits per heavy atom. The van der Waals surface area contributed by atoms with Crippen molar-refractivity contribution in [1.29, 1.82) is 0 Å². The number of thiocarbonyl (C=S) groups is 1. The van der Waals surface area contributed by atoms with E-state index in [2.05, 4.69) is 5.32 Å². The fourth-order valence-electron chi connectivity index (χ4n) is 3.00. The van der Waals surface area contributed by atoms with Crippen molar-refractivity contribution in [3.8, 4) is 0 Å². The SMILES string of the molecule is NC(=S)C1CCCC1NC(=O)N1CCCCCC1. The number of nitrogens with two attached hydrogens (primary N) is 1. The Bertz CT molecular complexity index is 313. The van der Waals surface area contributed by atoms with Crippen LogP contribution in [0.1, 0.15) is 44.9 Å². The number of likely N-dealkylation sites (tertiary alicyclic amines) is 1. The van der Waals surface area contributed by atoms with E-state index in [4.69, 9.17) is 18.0 Å². The summed E-state index contributed by atoms with van der Waals surface area (Å²) in [6.45, 7) is 1.77. The van der Waals surface area contributed by atoms with Crippen LogP contribution in [0.2, 0.25) is 0 Å². The van der Waals surface area contributed by atoms with E-state index in [0.717, 1.165) is 45.2 Å². The molecule has 0 aromatic heterocycles. The smallest absolute Gasteiger partial charge is 0.317 e. The number of carbonyl (C=O) groups excluding carboxylic acids is 1. The highest BCUT2D eigenvalue weighted by Gasteiger charge is 2.31. The topological polar surface area (TPSA) is 58.4 Å². The molecule has 1 heterocycles. The van der Waals surface area contributed by atoms with Crippen molar-refractivity contribution >= 4 is 23.2 Å². The maximum Gasteiger partial charge on any atom is 0.317 e. The van der Waals surface area contributed by atoms with E-state index in [1.165, 1.54) is 12.8 Å². The Morgan fingerprint density at radius 2 is 1.78 bits per heavy atom. The van der Waals surface area contributed by atoms with E-state index in [1.807, 2.05) is 4.90 Å². The normalized spacial score (nSPS) is 28.8. The van der Waals surface area contributed by atoms with Crippen molar-refractivity contribution in [2.24, 2.45) is 11.7 Å². The minimum absolute atomic E-state index is 0.0741. The molecule has 2 rings (SSSR count). The van der Waals surface area contributed by atoms with E-state index >= 15 is 0 Å². The monoisotopic (exact) mass is 269 g/mol. The maximum atomic E-state index is 12.2. The quantitative estimate of drug-likeness (QED) is 0.754. The highest BCUT2D eigenvalue weighted by atomic mass is 32.1. The summed E-state index contributed by atoms with van der Waals surface area (Å²) in [6, 6.07) is 0.225. The first kappa shape index (κ1) is 13.6. The van der Waals surface area contributed by atoms with Crippen LogP contribution in [0.5, 0.6) is 0 Å². The largest absolute Gasteiger partial charge is 0.393 e. The summed E-state index contributed by atoms with van der Waals surface area (Å²) in [5.41, 5.74) is 5.73. The Labute approximate surface area is 114 Å². The zero-order valence-corrected chi connectivity index (χ0v) is 11.7. The van der Waals surface area contributed by atoms with Crippen molar-refractivity contribution in [3.63, 3.8) is 0 Å². The number of hydrogen-bond donors (Lipinski definition) is 2. The van der Waals surface area contributed by atoms with E-state index < -0.39 is 0 Å². The molecule has 2 fully saturated rings. The van der Waals surface area contributed by atoms with Gasteiger partial charge in [-0.2, -0.15) is 0 Å². The van der Waals surface area contributed by atoms with E-state index in [9.17, 15) is 4.79 Å². The van der Waals surface area contributed by atoms with Gasteiger partial charge in [-0.3, -0.25) is 0 Å². The first-order valence-corrected chi connectivity index (χ1v) is 7.44. The Hall–Kier alpha value is -0.840. The second kappa shape index (κ2) is 6.36. The van der Waals surface area contributed by atoms with Gasteiger partial charge in [0, 0.05) is 25.0 Å². The van der Waals surface area contributed by atoms with Crippen LogP contribution in [0.15, 0.2) is 0 Å². The highest BCUT2D eigenvalue weighted by molar-refractivity contribution is 7.80. The van der Waals surface area contributed by atoms with Gasteiger partial charge in [0.05, 0.1) is 4.99 Å². The number of urea groups is 1. The molecule has 2 amide bonds. The molecule has 2 atom stereocenters. The average Bonchev–Trinajstić information content (AvgIpc) is 2.63. The molecule has 1 saturated heterocycles. The predicted molar refractivity (Wildman–Crippen MR) is 76.5 cm³/mol. The second-order valence-electron chi connectivity index (χ2n) is 5.40. The van der Waals surface area contributed by atoms with Gasteiger partial charge in [0.1, 0.15) is 0 Å². The fraction of sp³-hybridized carbons (Fsp3) is 0.846. The second-order valence-corrected chi connectivity index (χ2v) is 5.87. The van der Waals surface area contributed by atoms with Crippen LogP contribution in [0, 0.1) is 5.92 Å². The van der Waals surface area contributed by atoms with Crippen molar-refractivity contribution < 1.29 is 4.79 Å². The minimum Gasteiger partial charge on any atom is -0.393 e. The maximum absolute atomic E-state index is 12.2. The zero-order chi connectivity index (χ0) is 13.0. The summed E-state index contributed by atoms with van der Waals surface area (Å²) in [7, 11) is 0. The molecule has 2 unspecified atom stereocenters. The Balaban J connectivity index is 1.87. The summed E-state index contributed by atoms with van der Waals surface area (Å²) < 4.78 is 0. The summed E-state index contributed by atoms with van der Waals surface area (Å²) in [4.78, 5) is 14.7. The average molecular weight is 269 g/mol. The van der Waals surface area contributed by atoms with Gasteiger partial charge in [-0.05, 0) is 25.7 Å². The number of nitrogens with one attached hydrogen (secondary N) is 1. The Morgan fingerprint density at radius 1 is 1.11 bits per heavy atom. The molecule has 1 aliphatic carbocycles. The molecule has 1 aliphatic heterocycles. The predicted octanol–water partition coefficient (Wildman–Crippen LogP) is 2.03. The van der Waals surface area contributed by atoms with Gasteiger partial charge in [-0.1, -0.05) is 31.5 Å². The lowest BCUT2D eigenvalue weighted by atomic mass is 10.0. The van der Waals surface area contributed by atoms with Crippen LogP contribution >= 0.6 is 12.2 Å². The third-order valence-electron chi connectivity index (χ3n) is 4.08. The minimum atomic E-state index is 0.0741. The molecular weight excluding hydrogens is 246 g/mol. The third kappa shape index (κ3) is 3.34. The van der Waals surface area contributed by atoms with Gasteiger partial charge in [0.15, 0.2) is 0 Å². The molecule has 0 aromatic rings. The standard InChI is InChI=1S/C13H23N3OS/c14-12(18)10-6-5-7-11(10)15-13(17)16-8-3-1-2-4-9-16/h10-11H,1-9H2,(H2,14,18)(H,15,17). The number of rotatable bonds is 2. The van der Waals surface area contributed by atoms with Crippen LogP contribution in [-0.4, -0.2) is 35.1 Å². The molecule has 4 nitrogen and oxygen atoms in total. The van der Waals surface area contributed by atoms with Crippen molar-refractivity contribution in [2.75, 3.05) is 13.1 Å². The molecule has 5 heteroatoms. The molecule has 0 aromatic carbocycles. The van der Waals surface area contributed by atoms with Crippen LogP contribution in [0.4, 0.5) is 4.79 Å². The summed E-state index contributed by atoms with van der Waals surface area (Å²) in [5.74, 6) is 0.191. The molecule has 0 bridgehead atoms. The third-order valence-corrected chi connectivity index (χ3v) is 4.39. The number of hydrogen-bond acceptors (Lipinski definition) is 2. The van der Waals surface area contributed by atoms with Crippen molar-refractivity contribution in [2.45, 2.75) is 51.0 Å². The van der Waals surface area contributed by atoms with E-state index in [-0.39, 0.29) is 18.0 Å². The van der Waals surface area contributed by atoms with Crippen LogP contribution in [0.25, 0.3) is 0 Å². The van der Waals surface area contributed by atoms with Crippen LogP contribution in [-0.2, 0) is 0 Å². The molecule has 18 heavy (non-hydrogen) atoms. The van der Waals surface area contributed by atoms with Gasteiger partial charge in [0.25, 0.3) is 0 Å². The Kier molecular flexibility index (Phi) is 4.80. The number of carbonyl (C=O) groups is 1. The molecule has 0 radical (unpaired) electrons. The van der Waals surface area contributed by atoms with E-state index in [0.29, 0.717) is 4.99 Å². The molecule has 102 valence electrons. The van der Waals surface area contributed by atoms with Gasteiger partial charge in [-0.25, -0.2) is 4.79 Å². The highest BCUT2D eigenvalue weighted by Crippen LogP contribution is 2.26. The molecule has 2 aliphatic rings. The van der Waals surface area contributed by atoms with Gasteiger partial charge in [0.2, 0.25) is 0 Å².